The number of aryl methyl sites for hydroxylation is 1. The van der Waals surface area contributed by atoms with E-state index in [0.717, 1.165) is 17.9 Å². The number of aliphatic hydroxyl groups is 1. The van der Waals surface area contributed by atoms with Gasteiger partial charge >= 0.3 is 0 Å². The molecule has 2 rings (SSSR count). The van der Waals surface area contributed by atoms with Crippen molar-refractivity contribution in [1.29, 1.82) is 0 Å². The summed E-state index contributed by atoms with van der Waals surface area (Å²) in [5.41, 5.74) is 1.53. The van der Waals surface area contributed by atoms with E-state index in [1.807, 2.05) is 31.2 Å². The zero-order valence-corrected chi connectivity index (χ0v) is 12.7. The first kappa shape index (κ1) is 15.3. The molecule has 0 aliphatic heterocycles. The maximum absolute atomic E-state index is 9.97. The lowest BCUT2D eigenvalue weighted by atomic mass is 9.89. The fourth-order valence-corrected chi connectivity index (χ4v) is 2.91. The molecule has 1 aromatic carbocycles. The smallest absolute Gasteiger partial charge is 0.122 e. The minimum absolute atomic E-state index is 0.342. The molecule has 20 heavy (non-hydrogen) atoms. The van der Waals surface area contributed by atoms with Gasteiger partial charge in [0.2, 0.25) is 0 Å². The zero-order chi connectivity index (χ0) is 14.4. The molecule has 1 atom stereocenters. The number of hydrogen-bond acceptors (Lipinski definition) is 3. The summed E-state index contributed by atoms with van der Waals surface area (Å²) in [5.74, 6) is 0.856. The molecule has 0 bridgehead atoms. The van der Waals surface area contributed by atoms with E-state index >= 15 is 0 Å². The van der Waals surface area contributed by atoms with E-state index in [9.17, 15) is 5.11 Å². The van der Waals surface area contributed by atoms with Gasteiger partial charge in [-0.05, 0) is 36.8 Å². The van der Waals surface area contributed by atoms with Gasteiger partial charge in [-0.3, -0.25) is 0 Å². The number of benzene rings is 1. The van der Waals surface area contributed by atoms with Crippen molar-refractivity contribution < 1.29 is 9.84 Å². The number of rotatable bonds is 7. The Morgan fingerprint density at radius 3 is 2.70 bits per heavy atom. The summed E-state index contributed by atoms with van der Waals surface area (Å²) in [7, 11) is 0. The average molecular weight is 277 g/mol. The van der Waals surface area contributed by atoms with E-state index in [2.05, 4.69) is 12.2 Å². The quantitative estimate of drug-likeness (QED) is 0.805. The molecule has 3 heteroatoms. The van der Waals surface area contributed by atoms with Gasteiger partial charge in [0.15, 0.2) is 0 Å². The second-order valence-electron chi connectivity index (χ2n) is 6.38. The summed E-state index contributed by atoms with van der Waals surface area (Å²) < 4.78 is 5.66. The number of hydrogen-bond donors (Lipinski definition) is 2. The third-order valence-electron chi connectivity index (χ3n) is 4.27. The summed E-state index contributed by atoms with van der Waals surface area (Å²) >= 11 is 0. The maximum Gasteiger partial charge on any atom is 0.122 e. The highest BCUT2D eigenvalue weighted by molar-refractivity contribution is 5.31. The SMILES string of the molecule is Cc1ccccc1OCC(O)CNCC1(C)CCCC1. The van der Waals surface area contributed by atoms with Crippen molar-refractivity contribution in [3.05, 3.63) is 29.8 Å². The van der Waals surface area contributed by atoms with Crippen molar-refractivity contribution in [1.82, 2.24) is 5.32 Å². The highest BCUT2D eigenvalue weighted by Gasteiger charge is 2.28. The first-order valence-electron chi connectivity index (χ1n) is 7.66. The molecule has 1 aromatic rings. The van der Waals surface area contributed by atoms with Crippen molar-refractivity contribution >= 4 is 0 Å². The summed E-state index contributed by atoms with van der Waals surface area (Å²) in [6, 6.07) is 7.90. The number of para-hydroxylation sites is 1. The Kier molecular flexibility index (Phi) is 5.44. The Labute approximate surface area is 122 Å². The molecule has 0 radical (unpaired) electrons. The third kappa shape index (κ3) is 4.50. The molecule has 2 N–H and O–H groups in total. The van der Waals surface area contributed by atoms with E-state index < -0.39 is 6.10 Å². The fraction of sp³-hybridized carbons (Fsp3) is 0.647. The largest absolute Gasteiger partial charge is 0.491 e. The Bertz CT molecular complexity index is 413. The Morgan fingerprint density at radius 2 is 2.00 bits per heavy atom. The van der Waals surface area contributed by atoms with Crippen LogP contribution < -0.4 is 10.1 Å². The minimum atomic E-state index is -0.459. The molecule has 112 valence electrons. The van der Waals surface area contributed by atoms with Gasteiger partial charge in [0, 0.05) is 13.1 Å². The van der Waals surface area contributed by atoms with E-state index in [-0.39, 0.29) is 0 Å². The molecule has 1 saturated carbocycles. The minimum Gasteiger partial charge on any atom is -0.491 e. The van der Waals surface area contributed by atoms with Crippen molar-refractivity contribution in [3.63, 3.8) is 0 Å². The predicted octanol–water partition coefficient (Wildman–Crippen LogP) is 2.90. The van der Waals surface area contributed by atoms with Gasteiger partial charge in [-0.25, -0.2) is 0 Å². The van der Waals surface area contributed by atoms with Crippen LogP contribution in [0, 0.1) is 12.3 Å². The molecule has 1 fully saturated rings. The van der Waals surface area contributed by atoms with E-state index in [1.165, 1.54) is 25.7 Å². The van der Waals surface area contributed by atoms with Gasteiger partial charge in [0.25, 0.3) is 0 Å². The molecule has 0 amide bonds. The Hall–Kier alpha value is -1.06. The molecule has 1 aliphatic rings. The maximum atomic E-state index is 9.97. The number of ether oxygens (including phenoxy) is 1. The first-order valence-corrected chi connectivity index (χ1v) is 7.66. The van der Waals surface area contributed by atoms with Crippen LogP contribution in [0.3, 0.4) is 0 Å². The Morgan fingerprint density at radius 1 is 1.30 bits per heavy atom. The summed E-state index contributed by atoms with van der Waals surface area (Å²) in [6.45, 7) is 6.29. The molecule has 0 aromatic heterocycles. The lowest BCUT2D eigenvalue weighted by Gasteiger charge is -2.24. The summed E-state index contributed by atoms with van der Waals surface area (Å²) in [5, 5.41) is 13.4. The highest BCUT2D eigenvalue weighted by atomic mass is 16.5. The van der Waals surface area contributed by atoms with Crippen LogP contribution in [0.5, 0.6) is 5.75 Å². The van der Waals surface area contributed by atoms with Crippen LogP contribution in [0.25, 0.3) is 0 Å². The Balaban J connectivity index is 1.65. The van der Waals surface area contributed by atoms with Gasteiger partial charge in [-0.1, -0.05) is 38.0 Å². The zero-order valence-electron chi connectivity index (χ0n) is 12.7. The van der Waals surface area contributed by atoms with Gasteiger partial charge in [-0.2, -0.15) is 0 Å². The van der Waals surface area contributed by atoms with Crippen LogP contribution in [0.1, 0.15) is 38.2 Å². The molecule has 0 heterocycles. The van der Waals surface area contributed by atoms with Crippen LogP contribution >= 0.6 is 0 Å². The van der Waals surface area contributed by atoms with Gasteiger partial charge < -0.3 is 15.2 Å². The van der Waals surface area contributed by atoms with Crippen LogP contribution in [0.4, 0.5) is 0 Å². The van der Waals surface area contributed by atoms with Crippen LogP contribution in [-0.4, -0.2) is 30.9 Å². The molecule has 0 saturated heterocycles. The molecular weight excluding hydrogens is 250 g/mol. The molecule has 0 spiro atoms. The van der Waals surface area contributed by atoms with Gasteiger partial charge in [-0.15, -0.1) is 0 Å². The monoisotopic (exact) mass is 277 g/mol. The van der Waals surface area contributed by atoms with Gasteiger partial charge in [0.05, 0.1) is 0 Å². The molecule has 1 aliphatic carbocycles. The standard InChI is InChI=1S/C17H27NO2/c1-14-7-3-4-8-16(14)20-12-15(19)11-18-13-17(2)9-5-6-10-17/h3-4,7-8,15,18-19H,5-6,9-13H2,1-2H3. The molecule has 3 nitrogen and oxygen atoms in total. The van der Waals surface area contributed by atoms with Crippen LogP contribution in [0.15, 0.2) is 24.3 Å². The lowest BCUT2D eigenvalue weighted by Crippen LogP contribution is -2.37. The van der Waals surface area contributed by atoms with Crippen molar-refractivity contribution in [2.75, 3.05) is 19.7 Å². The number of nitrogens with one attached hydrogen (secondary N) is 1. The van der Waals surface area contributed by atoms with E-state index in [1.54, 1.807) is 0 Å². The van der Waals surface area contributed by atoms with Crippen molar-refractivity contribution in [2.24, 2.45) is 5.41 Å². The normalized spacial score (nSPS) is 18.9. The topological polar surface area (TPSA) is 41.5 Å². The van der Waals surface area contributed by atoms with Crippen molar-refractivity contribution in [3.8, 4) is 5.75 Å². The number of aliphatic hydroxyl groups excluding tert-OH is 1. The molecule has 1 unspecified atom stereocenters. The lowest BCUT2D eigenvalue weighted by molar-refractivity contribution is 0.103. The van der Waals surface area contributed by atoms with Gasteiger partial charge in [0.1, 0.15) is 18.5 Å². The third-order valence-corrected chi connectivity index (χ3v) is 4.27. The van der Waals surface area contributed by atoms with Crippen LogP contribution in [-0.2, 0) is 0 Å². The fourth-order valence-electron chi connectivity index (χ4n) is 2.91. The van der Waals surface area contributed by atoms with Crippen molar-refractivity contribution in [2.45, 2.75) is 45.6 Å². The van der Waals surface area contributed by atoms with E-state index in [0.29, 0.717) is 18.6 Å². The highest BCUT2D eigenvalue weighted by Crippen LogP contribution is 2.36. The second kappa shape index (κ2) is 7.09. The average Bonchev–Trinajstić information content (AvgIpc) is 2.85. The summed E-state index contributed by atoms with van der Waals surface area (Å²) in [6.07, 6.45) is 4.83. The molecular formula is C17H27NO2. The van der Waals surface area contributed by atoms with E-state index in [4.69, 9.17) is 4.74 Å². The first-order chi connectivity index (χ1) is 9.59. The van der Waals surface area contributed by atoms with Crippen LogP contribution in [0.2, 0.25) is 0 Å². The second-order valence-corrected chi connectivity index (χ2v) is 6.38. The predicted molar refractivity (Wildman–Crippen MR) is 82.1 cm³/mol. The summed E-state index contributed by atoms with van der Waals surface area (Å²) in [4.78, 5) is 0.